The van der Waals surface area contributed by atoms with Crippen molar-refractivity contribution in [1.82, 2.24) is 0 Å². The Bertz CT molecular complexity index is 1050. The van der Waals surface area contributed by atoms with Gasteiger partial charge < -0.3 is 28.4 Å². The van der Waals surface area contributed by atoms with E-state index >= 15 is 0 Å². The highest BCUT2D eigenvalue weighted by atomic mass is 16.7. The van der Waals surface area contributed by atoms with Crippen LogP contribution >= 0.6 is 0 Å². The lowest BCUT2D eigenvalue weighted by molar-refractivity contribution is -0.316. The molecule has 2 saturated heterocycles. The lowest BCUT2D eigenvalue weighted by Crippen LogP contribution is -2.63. The largest absolute Gasteiger partial charge is 0.374 e. The number of hydrogen-bond donors (Lipinski definition) is 0. The molecule has 0 aromatic heterocycles. The maximum Gasteiger partial charge on any atom is 0.157 e. The molecule has 0 saturated carbocycles. The van der Waals surface area contributed by atoms with E-state index in [4.69, 9.17) is 28.4 Å². The molecular formula is C31H36O6. The van der Waals surface area contributed by atoms with Gasteiger partial charge in [-0.1, -0.05) is 91.0 Å². The highest BCUT2D eigenvalue weighted by molar-refractivity contribution is 5.15. The van der Waals surface area contributed by atoms with Crippen LogP contribution in [0.4, 0.5) is 0 Å². The van der Waals surface area contributed by atoms with Crippen molar-refractivity contribution in [2.24, 2.45) is 0 Å². The van der Waals surface area contributed by atoms with Gasteiger partial charge in [0.15, 0.2) is 6.29 Å². The van der Waals surface area contributed by atoms with Crippen LogP contribution in [-0.2, 0) is 48.2 Å². The number of benzene rings is 3. The minimum absolute atomic E-state index is 0.117. The summed E-state index contributed by atoms with van der Waals surface area (Å²) in [5.41, 5.74) is 3.32. The fourth-order valence-corrected chi connectivity index (χ4v) is 5.03. The number of hydrogen-bond acceptors (Lipinski definition) is 6. The molecule has 1 unspecified atom stereocenters. The molecular weight excluding hydrogens is 468 g/mol. The third-order valence-electron chi connectivity index (χ3n) is 6.95. The van der Waals surface area contributed by atoms with E-state index in [1.807, 2.05) is 54.6 Å². The summed E-state index contributed by atoms with van der Waals surface area (Å²) in [6.45, 7) is 1.81. The molecule has 5 rings (SSSR count). The number of rotatable bonds is 11. The Morgan fingerprint density at radius 1 is 0.649 bits per heavy atom. The molecule has 2 fully saturated rings. The first-order chi connectivity index (χ1) is 18.3. The molecule has 0 spiro atoms. The normalized spacial score (nSPS) is 27.5. The highest BCUT2D eigenvalue weighted by Gasteiger charge is 2.50. The molecule has 0 N–H and O–H groups in total. The summed E-state index contributed by atoms with van der Waals surface area (Å²) < 4.78 is 37.8. The van der Waals surface area contributed by atoms with E-state index in [-0.39, 0.29) is 36.8 Å². The summed E-state index contributed by atoms with van der Waals surface area (Å²) in [6.07, 6.45) is -0.110. The second-order valence-electron chi connectivity index (χ2n) is 9.58. The smallest absolute Gasteiger partial charge is 0.157 e. The fraction of sp³-hybridized carbons (Fsp3) is 0.419. The third kappa shape index (κ3) is 7.05. The van der Waals surface area contributed by atoms with Crippen molar-refractivity contribution in [3.8, 4) is 0 Å². The first-order valence-corrected chi connectivity index (χ1v) is 13.1. The van der Waals surface area contributed by atoms with Crippen LogP contribution in [0.15, 0.2) is 91.0 Å². The van der Waals surface area contributed by atoms with Gasteiger partial charge in [0.25, 0.3) is 0 Å². The van der Waals surface area contributed by atoms with E-state index in [9.17, 15) is 0 Å². The van der Waals surface area contributed by atoms with Gasteiger partial charge in [0.2, 0.25) is 0 Å². The van der Waals surface area contributed by atoms with Gasteiger partial charge in [-0.25, -0.2) is 0 Å². The topological polar surface area (TPSA) is 55.4 Å². The molecule has 37 heavy (non-hydrogen) atoms. The van der Waals surface area contributed by atoms with E-state index < -0.39 is 0 Å². The van der Waals surface area contributed by atoms with Gasteiger partial charge in [-0.3, -0.25) is 0 Å². The highest BCUT2D eigenvalue weighted by Crippen LogP contribution is 2.36. The Labute approximate surface area is 219 Å². The summed E-state index contributed by atoms with van der Waals surface area (Å²) in [5.74, 6) is 0. The Kier molecular flexibility index (Phi) is 9.35. The van der Waals surface area contributed by atoms with Crippen molar-refractivity contribution in [1.29, 1.82) is 0 Å². The minimum atomic E-state index is -0.378. The molecule has 0 amide bonds. The van der Waals surface area contributed by atoms with Crippen LogP contribution in [-0.4, -0.2) is 50.5 Å². The van der Waals surface area contributed by atoms with Crippen molar-refractivity contribution < 1.29 is 28.4 Å². The van der Waals surface area contributed by atoms with Crippen LogP contribution in [0.2, 0.25) is 0 Å². The summed E-state index contributed by atoms with van der Waals surface area (Å²) in [7, 11) is 1.68. The Balaban J connectivity index is 1.35. The molecule has 2 heterocycles. The van der Waals surface area contributed by atoms with Gasteiger partial charge in [-0.05, 0) is 23.1 Å². The zero-order valence-electron chi connectivity index (χ0n) is 21.3. The Morgan fingerprint density at radius 2 is 1.19 bits per heavy atom. The maximum atomic E-state index is 6.59. The molecule has 0 radical (unpaired) electrons. The van der Waals surface area contributed by atoms with E-state index in [1.54, 1.807) is 7.11 Å². The first kappa shape index (κ1) is 26.0. The average molecular weight is 505 g/mol. The lowest BCUT2D eigenvalue weighted by Gasteiger charge is -2.49. The molecule has 6 nitrogen and oxygen atoms in total. The number of fused-ring (bicyclic) bond motifs is 1. The van der Waals surface area contributed by atoms with Crippen LogP contribution in [0.5, 0.6) is 0 Å². The monoisotopic (exact) mass is 504 g/mol. The summed E-state index contributed by atoms with van der Waals surface area (Å²) in [5, 5.41) is 0. The molecule has 2 aliphatic rings. The SMILES string of the molecule is COC1CC[C@@H]2O[C@H](COCc3ccccc3)[C@@H](OCc3ccccc3)[C@H](OCc3ccccc3)[C@H]2O1. The van der Waals surface area contributed by atoms with Crippen LogP contribution in [0.1, 0.15) is 29.5 Å². The maximum absolute atomic E-state index is 6.59. The molecule has 0 bridgehead atoms. The predicted octanol–water partition coefficient (Wildman–Crippen LogP) is 5.29. The van der Waals surface area contributed by atoms with Crippen LogP contribution in [0, 0.1) is 0 Å². The zero-order chi connectivity index (χ0) is 25.3. The molecule has 3 aromatic carbocycles. The zero-order valence-corrected chi connectivity index (χ0v) is 21.3. The molecule has 6 atom stereocenters. The van der Waals surface area contributed by atoms with Crippen LogP contribution < -0.4 is 0 Å². The van der Waals surface area contributed by atoms with Crippen molar-refractivity contribution in [3.63, 3.8) is 0 Å². The van der Waals surface area contributed by atoms with Gasteiger partial charge in [0, 0.05) is 13.5 Å². The summed E-state index contributed by atoms with van der Waals surface area (Å²) in [6, 6.07) is 30.5. The van der Waals surface area contributed by atoms with E-state index in [1.165, 1.54) is 0 Å². The molecule has 3 aromatic rings. The van der Waals surface area contributed by atoms with Crippen LogP contribution in [0.3, 0.4) is 0 Å². The second kappa shape index (κ2) is 13.3. The average Bonchev–Trinajstić information content (AvgIpc) is 2.96. The summed E-state index contributed by atoms with van der Waals surface area (Å²) in [4.78, 5) is 0. The Hall–Kier alpha value is -2.58. The molecule has 2 aliphatic heterocycles. The third-order valence-corrected chi connectivity index (χ3v) is 6.95. The van der Waals surface area contributed by atoms with E-state index in [0.717, 1.165) is 29.5 Å². The summed E-state index contributed by atoms with van der Waals surface area (Å²) >= 11 is 0. The van der Waals surface area contributed by atoms with E-state index in [0.29, 0.717) is 26.4 Å². The van der Waals surface area contributed by atoms with Crippen molar-refractivity contribution in [3.05, 3.63) is 108 Å². The van der Waals surface area contributed by atoms with Crippen LogP contribution in [0.25, 0.3) is 0 Å². The van der Waals surface area contributed by atoms with Gasteiger partial charge in [-0.15, -0.1) is 0 Å². The lowest BCUT2D eigenvalue weighted by atomic mass is 9.90. The first-order valence-electron chi connectivity index (χ1n) is 13.1. The fourth-order valence-electron chi connectivity index (χ4n) is 5.03. The standard InChI is InChI=1S/C31H36O6/c1-32-28-18-17-26-30(37-28)31(35-21-25-15-9-4-10-16-25)29(34-20-24-13-7-3-8-14-24)27(36-26)22-33-19-23-11-5-2-6-12-23/h2-16,26-31H,17-22H2,1H3/t26-,27+,28?,29+,30-,31-/m0/s1. The molecule has 196 valence electrons. The van der Waals surface area contributed by atoms with Crippen molar-refractivity contribution >= 4 is 0 Å². The second-order valence-corrected chi connectivity index (χ2v) is 9.58. The van der Waals surface area contributed by atoms with Gasteiger partial charge in [0.1, 0.15) is 24.4 Å². The number of methoxy groups -OCH3 is 1. The Morgan fingerprint density at radius 3 is 1.76 bits per heavy atom. The van der Waals surface area contributed by atoms with E-state index in [2.05, 4.69) is 36.4 Å². The predicted molar refractivity (Wildman–Crippen MR) is 140 cm³/mol. The minimum Gasteiger partial charge on any atom is -0.374 e. The van der Waals surface area contributed by atoms with Crippen molar-refractivity contribution in [2.75, 3.05) is 13.7 Å². The molecule has 0 aliphatic carbocycles. The van der Waals surface area contributed by atoms with Gasteiger partial charge in [-0.2, -0.15) is 0 Å². The number of ether oxygens (including phenoxy) is 6. The van der Waals surface area contributed by atoms with Gasteiger partial charge >= 0.3 is 0 Å². The van der Waals surface area contributed by atoms with Crippen molar-refractivity contribution in [2.45, 2.75) is 69.5 Å². The quantitative estimate of drug-likeness (QED) is 0.354. The molecule has 6 heteroatoms. The van der Waals surface area contributed by atoms with Gasteiger partial charge in [0.05, 0.1) is 32.5 Å².